The summed E-state index contributed by atoms with van der Waals surface area (Å²) < 4.78 is 26.8. The summed E-state index contributed by atoms with van der Waals surface area (Å²) >= 11 is 3.99. The lowest BCUT2D eigenvalue weighted by atomic mass is 10.00. The minimum absolute atomic E-state index is 0.220. The number of likely N-dealkylation sites (N-methyl/N-ethyl adjacent to an activating group) is 1. The van der Waals surface area contributed by atoms with Crippen molar-refractivity contribution in [1.29, 1.82) is 0 Å². The molecule has 1 nitrogen and oxygen atoms in total. The topological polar surface area (TPSA) is 12.0 Å². The van der Waals surface area contributed by atoms with Crippen molar-refractivity contribution in [3.8, 4) is 0 Å². The van der Waals surface area contributed by atoms with Crippen LogP contribution in [0.3, 0.4) is 0 Å². The molecule has 112 valence electrons. The summed E-state index contributed by atoms with van der Waals surface area (Å²) in [5.74, 6) is 1.39. The zero-order valence-electron chi connectivity index (χ0n) is 11.9. The van der Waals surface area contributed by atoms with Gasteiger partial charge < -0.3 is 5.32 Å². The zero-order valence-corrected chi connectivity index (χ0v) is 13.5. The molecular formula is C15H21F2NS2. The molecule has 0 amide bonds. The van der Waals surface area contributed by atoms with Crippen LogP contribution in [0, 0.1) is 11.6 Å². The first-order valence-corrected chi connectivity index (χ1v) is 9.09. The SMILES string of the molecule is CCC1SCCSC1C(Cc1ccc(F)cc1F)NC. The van der Waals surface area contributed by atoms with E-state index in [0.29, 0.717) is 22.5 Å². The van der Waals surface area contributed by atoms with Gasteiger partial charge in [0, 0.05) is 34.1 Å². The minimum atomic E-state index is -0.513. The summed E-state index contributed by atoms with van der Waals surface area (Å²) in [6.45, 7) is 2.21. The molecule has 5 heteroatoms. The average molecular weight is 317 g/mol. The standard InChI is InChI=1S/C15H21F2NS2/c1-3-14-15(20-7-6-19-14)13(18-2)8-10-4-5-11(16)9-12(10)17/h4-5,9,13-15,18H,3,6-8H2,1-2H3. The summed E-state index contributed by atoms with van der Waals surface area (Å²) in [7, 11) is 1.93. The van der Waals surface area contributed by atoms with Crippen LogP contribution in [-0.2, 0) is 6.42 Å². The molecule has 1 aliphatic rings. The fourth-order valence-electron chi connectivity index (χ4n) is 2.62. The second-order valence-electron chi connectivity index (χ2n) is 4.99. The molecule has 0 radical (unpaired) electrons. The molecule has 1 N–H and O–H groups in total. The minimum Gasteiger partial charge on any atom is -0.316 e. The lowest BCUT2D eigenvalue weighted by Crippen LogP contribution is -2.45. The number of thioether (sulfide) groups is 2. The van der Waals surface area contributed by atoms with E-state index in [0.717, 1.165) is 18.2 Å². The molecule has 3 atom stereocenters. The van der Waals surface area contributed by atoms with Crippen LogP contribution < -0.4 is 5.32 Å². The molecule has 1 fully saturated rings. The predicted molar refractivity (Wildman–Crippen MR) is 85.7 cm³/mol. The van der Waals surface area contributed by atoms with Crippen LogP contribution in [0.25, 0.3) is 0 Å². The Hall–Kier alpha value is -0.260. The molecule has 1 aliphatic heterocycles. The van der Waals surface area contributed by atoms with Crippen molar-refractivity contribution in [2.45, 2.75) is 36.3 Å². The first kappa shape index (κ1) is 16.1. The van der Waals surface area contributed by atoms with Gasteiger partial charge in [0.1, 0.15) is 11.6 Å². The molecule has 0 spiro atoms. The number of hydrogen-bond donors (Lipinski definition) is 1. The van der Waals surface area contributed by atoms with E-state index in [4.69, 9.17) is 0 Å². The smallest absolute Gasteiger partial charge is 0.129 e. The second-order valence-corrected chi connectivity index (χ2v) is 7.62. The van der Waals surface area contributed by atoms with Crippen LogP contribution in [0.5, 0.6) is 0 Å². The molecule has 1 aromatic carbocycles. The Kier molecular flexibility index (Phi) is 6.18. The van der Waals surface area contributed by atoms with Gasteiger partial charge >= 0.3 is 0 Å². The second kappa shape index (κ2) is 7.66. The molecule has 2 rings (SSSR count). The van der Waals surface area contributed by atoms with E-state index in [1.54, 1.807) is 6.07 Å². The summed E-state index contributed by atoms with van der Waals surface area (Å²) in [5, 5.41) is 4.42. The van der Waals surface area contributed by atoms with E-state index >= 15 is 0 Å². The van der Waals surface area contributed by atoms with Gasteiger partial charge in [-0.1, -0.05) is 13.0 Å². The monoisotopic (exact) mass is 317 g/mol. The van der Waals surface area contributed by atoms with Gasteiger partial charge in [-0.25, -0.2) is 8.78 Å². The van der Waals surface area contributed by atoms with E-state index < -0.39 is 11.6 Å². The van der Waals surface area contributed by atoms with Crippen molar-refractivity contribution in [3.05, 3.63) is 35.4 Å². The number of nitrogens with one attached hydrogen (secondary N) is 1. The summed E-state index contributed by atoms with van der Waals surface area (Å²) in [6, 6.07) is 4.10. The molecular weight excluding hydrogens is 296 g/mol. The van der Waals surface area contributed by atoms with Gasteiger partial charge in [0.05, 0.1) is 0 Å². The molecule has 20 heavy (non-hydrogen) atoms. The van der Waals surface area contributed by atoms with Gasteiger partial charge in [0.15, 0.2) is 0 Å². The normalized spacial score (nSPS) is 24.6. The molecule has 0 aromatic heterocycles. The number of benzene rings is 1. The Bertz CT molecular complexity index is 442. The highest BCUT2D eigenvalue weighted by atomic mass is 32.2. The van der Waals surface area contributed by atoms with Crippen LogP contribution in [0.15, 0.2) is 18.2 Å². The lowest BCUT2D eigenvalue weighted by molar-refractivity contribution is 0.499. The van der Waals surface area contributed by atoms with Gasteiger partial charge in [-0.15, -0.1) is 0 Å². The Labute approximate surface area is 128 Å². The zero-order chi connectivity index (χ0) is 14.5. The number of hydrogen-bond acceptors (Lipinski definition) is 3. The average Bonchev–Trinajstić information content (AvgIpc) is 2.46. The number of rotatable bonds is 5. The van der Waals surface area contributed by atoms with Gasteiger partial charge in [0.25, 0.3) is 0 Å². The highest BCUT2D eigenvalue weighted by Gasteiger charge is 2.31. The molecule has 0 saturated carbocycles. The van der Waals surface area contributed by atoms with Crippen LogP contribution in [-0.4, -0.2) is 35.1 Å². The quantitative estimate of drug-likeness (QED) is 0.889. The molecule has 1 heterocycles. The van der Waals surface area contributed by atoms with Gasteiger partial charge in [0.2, 0.25) is 0 Å². The third-order valence-corrected chi connectivity index (χ3v) is 7.12. The third kappa shape index (κ3) is 3.89. The van der Waals surface area contributed by atoms with Crippen molar-refractivity contribution >= 4 is 23.5 Å². The van der Waals surface area contributed by atoms with Crippen molar-refractivity contribution in [1.82, 2.24) is 5.32 Å². The van der Waals surface area contributed by atoms with E-state index in [-0.39, 0.29) is 6.04 Å². The highest BCUT2D eigenvalue weighted by Crippen LogP contribution is 2.36. The largest absolute Gasteiger partial charge is 0.316 e. The summed E-state index contributed by atoms with van der Waals surface area (Å²) in [6.07, 6.45) is 1.74. The maximum Gasteiger partial charge on any atom is 0.129 e. The number of halogens is 2. The molecule has 1 saturated heterocycles. The van der Waals surface area contributed by atoms with Crippen LogP contribution in [0.2, 0.25) is 0 Å². The molecule has 0 bridgehead atoms. The first-order chi connectivity index (χ1) is 9.65. The van der Waals surface area contributed by atoms with Gasteiger partial charge in [-0.3, -0.25) is 0 Å². The molecule has 0 aliphatic carbocycles. The van der Waals surface area contributed by atoms with Crippen LogP contribution in [0.4, 0.5) is 8.78 Å². The van der Waals surface area contributed by atoms with Crippen molar-refractivity contribution in [2.75, 3.05) is 18.6 Å². The van der Waals surface area contributed by atoms with Crippen molar-refractivity contribution in [3.63, 3.8) is 0 Å². The fourth-order valence-corrected chi connectivity index (χ4v) is 5.92. The van der Waals surface area contributed by atoms with E-state index in [2.05, 4.69) is 12.2 Å². The Morgan fingerprint density at radius 1 is 1.30 bits per heavy atom. The maximum atomic E-state index is 13.8. The van der Waals surface area contributed by atoms with Gasteiger partial charge in [-0.05, 0) is 31.5 Å². The first-order valence-electron chi connectivity index (χ1n) is 7.00. The van der Waals surface area contributed by atoms with Crippen molar-refractivity contribution in [2.24, 2.45) is 0 Å². The van der Waals surface area contributed by atoms with E-state index in [9.17, 15) is 8.78 Å². The van der Waals surface area contributed by atoms with E-state index in [1.165, 1.54) is 11.8 Å². The maximum absolute atomic E-state index is 13.8. The predicted octanol–water partition coefficient (Wildman–Crippen LogP) is 3.72. The third-order valence-electron chi connectivity index (χ3n) is 3.72. The van der Waals surface area contributed by atoms with Crippen LogP contribution in [0.1, 0.15) is 18.9 Å². The summed E-state index contributed by atoms with van der Waals surface area (Å²) in [4.78, 5) is 0. The highest BCUT2D eigenvalue weighted by molar-refractivity contribution is 8.07. The van der Waals surface area contributed by atoms with Gasteiger partial charge in [-0.2, -0.15) is 23.5 Å². The Morgan fingerprint density at radius 3 is 2.70 bits per heavy atom. The lowest BCUT2D eigenvalue weighted by Gasteiger charge is -2.36. The molecule has 1 aromatic rings. The Balaban J connectivity index is 2.11. The molecule has 3 unspecified atom stereocenters. The summed E-state index contributed by atoms with van der Waals surface area (Å²) in [5.41, 5.74) is 0.594. The van der Waals surface area contributed by atoms with Crippen LogP contribution >= 0.6 is 23.5 Å². The van der Waals surface area contributed by atoms with Crippen molar-refractivity contribution < 1.29 is 8.78 Å². The Morgan fingerprint density at radius 2 is 2.05 bits per heavy atom. The van der Waals surface area contributed by atoms with E-state index in [1.807, 2.05) is 30.6 Å². The fraction of sp³-hybridized carbons (Fsp3) is 0.600.